The molecule has 0 amide bonds. The summed E-state index contributed by atoms with van der Waals surface area (Å²) in [5, 5.41) is 9.17. The molecule has 2 aromatic rings. The van der Waals surface area contributed by atoms with E-state index in [0.29, 0.717) is 5.75 Å². The number of nitrogens with zero attached hydrogens (tertiary/aromatic N) is 2. The van der Waals surface area contributed by atoms with Crippen molar-refractivity contribution in [3.63, 3.8) is 0 Å². The molecule has 3 nitrogen and oxygen atoms in total. The van der Waals surface area contributed by atoms with Crippen LogP contribution in [0.2, 0.25) is 0 Å². The highest BCUT2D eigenvalue weighted by molar-refractivity contribution is 5.26. The van der Waals surface area contributed by atoms with E-state index in [4.69, 9.17) is 0 Å². The Bertz CT molecular complexity index is 457. The Labute approximate surface area is 89.2 Å². The van der Waals surface area contributed by atoms with Crippen molar-refractivity contribution >= 4 is 0 Å². The van der Waals surface area contributed by atoms with Gasteiger partial charge in [-0.05, 0) is 17.7 Å². The van der Waals surface area contributed by atoms with Crippen molar-refractivity contribution in [2.75, 3.05) is 0 Å². The fourth-order valence-electron chi connectivity index (χ4n) is 1.56. The maximum atomic E-state index is 9.17. The van der Waals surface area contributed by atoms with E-state index in [1.807, 2.05) is 25.4 Å². The first kappa shape index (κ1) is 9.77. The van der Waals surface area contributed by atoms with Crippen LogP contribution in [0.15, 0.2) is 36.7 Å². The second-order valence-corrected chi connectivity index (χ2v) is 3.75. The molecule has 0 bridgehead atoms. The fourth-order valence-corrected chi connectivity index (χ4v) is 1.56. The third-order valence-electron chi connectivity index (χ3n) is 2.69. The smallest absolute Gasteiger partial charge is 0.253 e. The number of rotatable bonds is 2. The van der Waals surface area contributed by atoms with Gasteiger partial charge in [0.05, 0.1) is 7.05 Å². The predicted molar refractivity (Wildman–Crippen MR) is 57.6 cm³/mol. The minimum atomic E-state index is 0.313. The molecule has 1 N–H and O–H groups in total. The number of hydrogen-bond donors (Lipinski definition) is 1. The number of benzene rings is 1. The largest absolute Gasteiger partial charge is 0.508 e. The quantitative estimate of drug-likeness (QED) is 0.734. The van der Waals surface area contributed by atoms with Gasteiger partial charge in [0, 0.05) is 6.92 Å². The normalized spacial score (nSPS) is 10.5. The van der Waals surface area contributed by atoms with Gasteiger partial charge in [-0.1, -0.05) is 12.1 Å². The molecule has 0 spiro atoms. The lowest BCUT2D eigenvalue weighted by Gasteiger charge is -2.00. The fraction of sp³-hybridized carbons (Fsp3) is 0.250. The highest BCUT2D eigenvalue weighted by atomic mass is 16.3. The number of aromatic hydroxyl groups is 1. The first-order valence-corrected chi connectivity index (χ1v) is 4.96. The van der Waals surface area contributed by atoms with Crippen LogP contribution in [0.4, 0.5) is 0 Å². The Morgan fingerprint density at radius 1 is 1.27 bits per heavy atom. The second kappa shape index (κ2) is 3.77. The van der Waals surface area contributed by atoms with E-state index in [1.54, 1.807) is 12.1 Å². The summed E-state index contributed by atoms with van der Waals surface area (Å²) in [6, 6.07) is 7.31. The monoisotopic (exact) mass is 203 g/mol. The summed E-state index contributed by atoms with van der Waals surface area (Å²) in [6.45, 7) is 2.92. The van der Waals surface area contributed by atoms with Gasteiger partial charge in [0.15, 0.2) is 0 Å². The number of phenols is 1. The van der Waals surface area contributed by atoms with E-state index >= 15 is 0 Å². The van der Waals surface area contributed by atoms with Gasteiger partial charge in [-0.25, -0.2) is 9.13 Å². The van der Waals surface area contributed by atoms with Gasteiger partial charge in [-0.15, -0.1) is 0 Å². The molecule has 0 aliphatic heterocycles. The van der Waals surface area contributed by atoms with E-state index in [-0.39, 0.29) is 0 Å². The molecular weight excluding hydrogens is 188 g/mol. The Morgan fingerprint density at radius 2 is 1.93 bits per heavy atom. The molecule has 0 aliphatic carbocycles. The Hall–Kier alpha value is -1.77. The molecule has 2 rings (SSSR count). The summed E-state index contributed by atoms with van der Waals surface area (Å²) in [5.74, 6) is 1.52. The van der Waals surface area contributed by atoms with Gasteiger partial charge in [-0.3, -0.25) is 0 Å². The first-order chi connectivity index (χ1) is 7.16. The van der Waals surface area contributed by atoms with Gasteiger partial charge in [0.25, 0.3) is 5.82 Å². The number of hydrogen-bond acceptors (Lipinski definition) is 1. The molecule has 1 aromatic heterocycles. The molecule has 0 aliphatic rings. The van der Waals surface area contributed by atoms with E-state index < -0.39 is 0 Å². The van der Waals surface area contributed by atoms with Crippen LogP contribution in [0.5, 0.6) is 5.75 Å². The average Bonchev–Trinajstić information content (AvgIpc) is 2.53. The van der Waals surface area contributed by atoms with Gasteiger partial charge in [0.1, 0.15) is 24.7 Å². The Balaban J connectivity index is 2.22. The molecule has 78 valence electrons. The molecule has 0 saturated heterocycles. The van der Waals surface area contributed by atoms with Gasteiger partial charge in [-0.2, -0.15) is 0 Å². The van der Waals surface area contributed by atoms with Crippen LogP contribution < -0.4 is 4.57 Å². The van der Waals surface area contributed by atoms with Crippen LogP contribution in [-0.2, 0) is 13.6 Å². The summed E-state index contributed by atoms with van der Waals surface area (Å²) in [5.41, 5.74) is 1.19. The van der Waals surface area contributed by atoms with E-state index in [2.05, 4.69) is 22.3 Å². The van der Waals surface area contributed by atoms with Crippen molar-refractivity contribution in [1.82, 2.24) is 4.57 Å². The molecule has 15 heavy (non-hydrogen) atoms. The molecular formula is C12H15N2O+. The molecule has 3 heteroatoms. The third kappa shape index (κ3) is 2.01. The average molecular weight is 203 g/mol. The highest BCUT2D eigenvalue weighted by Gasteiger charge is 2.08. The summed E-state index contributed by atoms with van der Waals surface area (Å²) in [4.78, 5) is 0. The number of aromatic nitrogens is 2. The molecule has 1 heterocycles. The van der Waals surface area contributed by atoms with Crippen LogP contribution in [-0.4, -0.2) is 9.67 Å². The van der Waals surface area contributed by atoms with Gasteiger partial charge >= 0.3 is 0 Å². The highest BCUT2D eigenvalue weighted by Crippen LogP contribution is 2.11. The van der Waals surface area contributed by atoms with Crippen LogP contribution in [0.1, 0.15) is 11.4 Å². The van der Waals surface area contributed by atoms with Crippen molar-refractivity contribution in [3.8, 4) is 5.75 Å². The van der Waals surface area contributed by atoms with Gasteiger partial charge < -0.3 is 5.11 Å². The molecule has 0 fully saturated rings. The summed E-state index contributed by atoms with van der Waals surface area (Å²) >= 11 is 0. The Kier molecular flexibility index (Phi) is 2.46. The van der Waals surface area contributed by atoms with Crippen LogP contribution in [0, 0.1) is 6.92 Å². The van der Waals surface area contributed by atoms with Crippen molar-refractivity contribution < 1.29 is 9.67 Å². The molecule has 0 saturated carbocycles. The SMILES string of the molecule is Cc1n(Cc2ccc(O)cc2)cc[n+]1C. The second-order valence-electron chi connectivity index (χ2n) is 3.75. The van der Waals surface area contributed by atoms with Crippen molar-refractivity contribution in [2.45, 2.75) is 13.5 Å². The lowest BCUT2D eigenvalue weighted by molar-refractivity contribution is -0.677. The maximum absolute atomic E-state index is 9.17. The lowest BCUT2D eigenvalue weighted by Crippen LogP contribution is -2.29. The van der Waals surface area contributed by atoms with Crippen molar-refractivity contribution in [3.05, 3.63) is 48.0 Å². The maximum Gasteiger partial charge on any atom is 0.253 e. The van der Waals surface area contributed by atoms with E-state index in [9.17, 15) is 5.11 Å². The third-order valence-corrected chi connectivity index (χ3v) is 2.69. The van der Waals surface area contributed by atoms with E-state index in [0.717, 1.165) is 6.54 Å². The minimum Gasteiger partial charge on any atom is -0.508 e. The molecule has 1 aromatic carbocycles. The number of phenolic OH excluding ortho intramolecular Hbond substituents is 1. The summed E-state index contributed by atoms with van der Waals surface area (Å²) < 4.78 is 4.26. The van der Waals surface area contributed by atoms with Crippen LogP contribution in [0.3, 0.4) is 0 Å². The van der Waals surface area contributed by atoms with Crippen molar-refractivity contribution in [1.29, 1.82) is 0 Å². The minimum absolute atomic E-state index is 0.313. The van der Waals surface area contributed by atoms with Crippen molar-refractivity contribution in [2.24, 2.45) is 7.05 Å². The molecule has 0 atom stereocenters. The molecule has 0 unspecified atom stereocenters. The summed E-state index contributed by atoms with van der Waals surface area (Å²) in [7, 11) is 2.03. The zero-order valence-electron chi connectivity index (χ0n) is 9.01. The standard InChI is InChI=1S/C12H14N2O/c1-10-13(2)7-8-14(10)9-11-3-5-12(15)6-4-11/h3-8H,9H2,1-2H3/p+1. The number of aryl methyl sites for hydroxylation is 1. The van der Waals surface area contributed by atoms with Crippen LogP contribution in [0.25, 0.3) is 0 Å². The zero-order valence-corrected chi connectivity index (χ0v) is 9.01. The Morgan fingerprint density at radius 3 is 2.47 bits per heavy atom. The molecule has 0 radical (unpaired) electrons. The first-order valence-electron chi connectivity index (χ1n) is 4.96. The topological polar surface area (TPSA) is 29.0 Å². The zero-order chi connectivity index (χ0) is 10.8. The van der Waals surface area contributed by atoms with Gasteiger partial charge in [0.2, 0.25) is 0 Å². The van der Waals surface area contributed by atoms with E-state index in [1.165, 1.54) is 11.4 Å². The lowest BCUT2D eigenvalue weighted by atomic mass is 10.2. The number of imidazole rings is 1. The van der Waals surface area contributed by atoms with Crippen LogP contribution >= 0.6 is 0 Å². The summed E-state index contributed by atoms with van der Waals surface area (Å²) in [6.07, 6.45) is 4.10. The predicted octanol–water partition coefficient (Wildman–Crippen LogP) is 1.37.